The third-order valence-electron chi connectivity index (χ3n) is 5.58. The van der Waals surface area contributed by atoms with Crippen LogP contribution in [0.5, 0.6) is 5.75 Å². The Labute approximate surface area is 180 Å². The maximum atomic E-state index is 13.6. The molecule has 1 aliphatic heterocycles. The Morgan fingerprint density at radius 3 is 2.61 bits per heavy atom. The maximum absolute atomic E-state index is 13.6. The van der Waals surface area contributed by atoms with Crippen LogP contribution in [-0.2, 0) is 10.0 Å². The molecule has 1 fully saturated rings. The summed E-state index contributed by atoms with van der Waals surface area (Å²) in [5, 5.41) is 4.61. The van der Waals surface area contributed by atoms with Crippen LogP contribution in [0.3, 0.4) is 0 Å². The van der Waals surface area contributed by atoms with E-state index in [9.17, 15) is 8.42 Å². The molecule has 8 nitrogen and oxygen atoms in total. The largest absolute Gasteiger partial charge is 0.486 e. The topological polar surface area (TPSA) is 112 Å². The van der Waals surface area contributed by atoms with E-state index in [1.54, 1.807) is 36.5 Å². The van der Waals surface area contributed by atoms with Gasteiger partial charge in [0.2, 0.25) is 0 Å². The first kappa shape index (κ1) is 19.8. The molecule has 4 aromatic rings. The Bertz CT molecular complexity index is 1380. The number of hydrogen-bond donors (Lipinski definition) is 2. The fraction of sp³-hybridized carbons (Fsp3) is 0.238. The highest BCUT2D eigenvalue weighted by molar-refractivity contribution is 7.90. The Kier molecular flexibility index (Phi) is 4.83. The van der Waals surface area contributed by atoms with Gasteiger partial charge in [-0.25, -0.2) is 22.4 Å². The van der Waals surface area contributed by atoms with Crippen molar-refractivity contribution in [2.24, 2.45) is 0 Å². The number of ether oxygens (including phenoxy) is 1. The number of fused-ring (bicyclic) bond motifs is 3. The first-order valence-corrected chi connectivity index (χ1v) is 11.6. The van der Waals surface area contributed by atoms with Crippen molar-refractivity contribution in [1.29, 1.82) is 0 Å². The van der Waals surface area contributed by atoms with Gasteiger partial charge in [0.15, 0.2) is 17.2 Å². The summed E-state index contributed by atoms with van der Waals surface area (Å²) in [6, 6.07) is 10.2. The second-order valence-corrected chi connectivity index (χ2v) is 9.55. The van der Waals surface area contributed by atoms with E-state index < -0.39 is 10.0 Å². The van der Waals surface area contributed by atoms with Crippen molar-refractivity contribution >= 4 is 51.1 Å². The SMILES string of the molecule is Bc1cnc2c(c1)c1c(OC3CCNCC3)c(N)ncc1n2S(=O)(=O)c1ccccc1. The molecule has 5 rings (SSSR count). The predicted octanol–water partition coefficient (Wildman–Crippen LogP) is 0.793. The maximum Gasteiger partial charge on any atom is 0.269 e. The van der Waals surface area contributed by atoms with E-state index in [1.807, 2.05) is 13.9 Å². The zero-order valence-electron chi connectivity index (χ0n) is 17.1. The van der Waals surface area contributed by atoms with E-state index in [-0.39, 0.29) is 16.8 Å². The Morgan fingerprint density at radius 2 is 1.87 bits per heavy atom. The summed E-state index contributed by atoms with van der Waals surface area (Å²) in [6.45, 7) is 1.72. The van der Waals surface area contributed by atoms with Crippen molar-refractivity contribution < 1.29 is 13.2 Å². The van der Waals surface area contributed by atoms with Crippen LogP contribution in [0.4, 0.5) is 5.82 Å². The summed E-state index contributed by atoms with van der Waals surface area (Å²) < 4.78 is 34.8. The number of aromatic nitrogens is 3. The molecule has 10 heteroatoms. The molecule has 4 heterocycles. The standard InChI is InChI=1S/C21H22BN5O3S/c22-13-10-16-18-17(12-25-20(23)19(18)30-14-6-8-24-9-7-14)27(21(16)26-11-13)31(28,29)15-4-2-1-3-5-15/h1-5,10-12,14,24H,6-9,22H2,(H2,23,25). The van der Waals surface area contributed by atoms with Gasteiger partial charge in [0.05, 0.1) is 22.0 Å². The molecule has 1 saturated heterocycles. The molecular weight excluding hydrogens is 413 g/mol. The molecule has 0 bridgehead atoms. The second kappa shape index (κ2) is 7.54. The molecule has 0 saturated carbocycles. The van der Waals surface area contributed by atoms with Gasteiger partial charge >= 0.3 is 0 Å². The summed E-state index contributed by atoms with van der Waals surface area (Å²) in [6.07, 6.45) is 4.81. The number of rotatable bonds is 4. The molecule has 3 N–H and O–H groups in total. The van der Waals surface area contributed by atoms with Gasteiger partial charge in [0, 0.05) is 11.6 Å². The number of nitrogens with two attached hydrogens (primary N) is 1. The Balaban J connectivity index is 1.82. The molecule has 0 atom stereocenters. The molecule has 0 spiro atoms. The van der Waals surface area contributed by atoms with Gasteiger partial charge in [-0.05, 0) is 38.1 Å². The lowest BCUT2D eigenvalue weighted by Gasteiger charge is -2.24. The van der Waals surface area contributed by atoms with Crippen LogP contribution < -0.4 is 21.3 Å². The lowest BCUT2D eigenvalue weighted by molar-refractivity contribution is 0.165. The third-order valence-corrected chi connectivity index (χ3v) is 7.30. The van der Waals surface area contributed by atoms with Gasteiger partial charge in [-0.2, -0.15) is 0 Å². The van der Waals surface area contributed by atoms with Crippen molar-refractivity contribution in [3.63, 3.8) is 0 Å². The average molecular weight is 435 g/mol. The van der Waals surface area contributed by atoms with Crippen LogP contribution in [0, 0.1) is 0 Å². The highest BCUT2D eigenvalue weighted by Gasteiger charge is 2.28. The average Bonchev–Trinajstić information content (AvgIpc) is 3.11. The number of hydrogen-bond acceptors (Lipinski definition) is 7. The Hall–Kier alpha value is -3.11. The van der Waals surface area contributed by atoms with Gasteiger partial charge in [0.1, 0.15) is 14.0 Å². The van der Waals surface area contributed by atoms with Crippen molar-refractivity contribution in [2.75, 3.05) is 18.8 Å². The summed E-state index contributed by atoms with van der Waals surface area (Å²) in [4.78, 5) is 8.93. The van der Waals surface area contributed by atoms with Crippen LogP contribution in [-0.4, -0.2) is 49.4 Å². The van der Waals surface area contributed by atoms with Gasteiger partial charge in [-0.15, -0.1) is 0 Å². The van der Waals surface area contributed by atoms with Crippen molar-refractivity contribution in [3.8, 4) is 5.75 Å². The van der Waals surface area contributed by atoms with E-state index in [2.05, 4.69) is 15.3 Å². The zero-order valence-corrected chi connectivity index (χ0v) is 17.9. The third kappa shape index (κ3) is 3.32. The molecule has 158 valence electrons. The lowest BCUT2D eigenvalue weighted by Crippen LogP contribution is -2.34. The molecule has 1 aliphatic rings. The van der Waals surface area contributed by atoms with Crippen LogP contribution in [0.15, 0.2) is 53.7 Å². The monoisotopic (exact) mass is 435 g/mol. The zero-order chi connectivity index (χ0) is 21.6. The van der Waals surface area contributed by atoms with Gasteiger partial charge in [0.25, 0.3) is 10.0 Å². The van der Waals surface area contributed by atoms with E-state index in [4.69, 9.17) is 10.5 Å². The molecule has 0 amide bonds. The van der Waals surface area contributed by atoms with Crippen molar-refractivity contribution in [3.05, 3.63) is 48.8 Å². The number of nitrogens with zero attached hydrogens (tertiary/aromatic N) is 3. The summed E-state index contributed by atoms with van der Waals surface area (Å²) in [5.74, 6) is 0.660. The van der Waals surface area contributed by atoms with E-state index >= 15 is 0 Å². The molecule has 0 unspecified atom stereocenters. The van der Waals surface area contributed by atoms with Crippen LogP contribution in [0.1, 0.15) is 12.8 Å². The molecule has 1 aromatic carbocycles. The normalized spacial score (nSPS) is 15.5. The van der Waals surface area contributed by atoms with Crippen LogP contribution in [0.25, 0.3) is 21.9 Å². The molecular formula is C21H22BN5O3S. The molecule has 0 aliphatic carbocycles. The Morgan fingerprint density at radius 1 is 1.13 bits per heavy atom. The number of anilines is 1. The van der Waals surface area contributed by atoms with Crippen molar-refractivity contribution in [1.82, 2.24) is 19.3 Å². The number of pyridine rings is 2. The number of nitrogens with one attached hydrogen (secondary N) is 1. The quantitative estimate of drug-likeness (QED) is 0.456. The van der Waals surface area contributed by atoms with Gasteiger partial charge in [-0.1, -0.05) is 29.7 Å². The first-order chi connectivity index (χ1) is 15.0. The van der Waals surface area contributed by atoms with Gasteiger partial charge < -0.3 is 15.8 Å². The molecule has 3 aromatic heterocycles. The van der Waals surface area contributed by atoms with Crippen LogP contribution >= 0.6 is 0 Å². The van der Waals surface area contributed by atoms with E-state index in [0.717, 1.165) is 31.4 Å². The van der Waals surface area contributed by atoms with E-state index in [1.165, 1.54) is 10.2 Å². The minimum atomic E-state index is -3.92. The van der Waals surface area contributed by atoms with E-state index in [0.29, 0.717) is 27.7 Å². The molecule has 0 radical (unpaired) electrons. The summed E-state index contributed by atoms with van der Waals surface area (Å²) in [7, 11) is -2.00. The highest BCUT2D eigenvalue weighted by Crippen LogP contribution is 2.39. The highest BCUT2D eigenvalue weighted by atomic mass is 32.2. The summed E-state index contributed by atoms with van der Waals surface area (Å²) in [5.41, 5.74) is 7.86. The minimum Gasteiger partial charge on any atom is -0.486 e. The van der Waals surface area contributed by atoms with Crippen molar-refractivity contribution in [2.45, 2.75) is 23.8 Å². The predicted molar refractivity (Wildman–Crippen MR) is 123 cm³/mol. The number of nitrogen functional groups attached to an aromatic ring is 1. The molecule has 31 heavy (non-hydrogen) atoms. The number of benzene rings is 1. The fourth-order valence-electron chi connectivity index (χ4n) is 4.07. The van der Waals surface area contributed by atoms with Crippen LogP contribution in [0.2, 0.25) is 0 Å². The summed E-state index contributed by atoms with van der Waals surface area (Å²) >= 11 is 0. The lowest BCUT2D eigenvalue weighted by atomic mass is 9.97. The smallest absolute Gasteiger partial charge is 0.269 e. The fourth-order valence-corrected chi connectivity index (χ4v) is 5.56. The minimum absolute atomic E-state index is 0.0159. The number of piperidine rings is 1. The van der Waals surface area contributed by atoms with Gasteiger partial charge in [-0.3, -0.25) is 0 Å². The first-order valence-electron chi connectivity index (χ1n) is 10.2. The second-order valence-electron chi connectivity index (χ2n) is 7.77.